The molecular weight excluding hydrogens is 272 g/mol. The number of hydrogen-bond donors (Lipinski definition) is 2. The highest BCUT2D eigenvalue weighted by molar-refractivity contribution is 5.20. The third kappa shape index (κ3) is 2.29. The molecule has 126 valence electrons. The fraction of sp³-hybridized carbons (Fsp3) is 0.900. The van der Waals surface area contributed by atoms with Crippen molar-refractivity contribution in [1.82, 2.24) is 0 Å². The van der Waals surface area contributed by atoms with Crippen LogP contribution in [0.15, 0.2) is 12.2 Å². The Morgan fingerprint density at radius 1 is 1.14 bits per heavy atom. The lowest BCUT2D eigenvalue weighted by Gasteiger charge is -2.56. The summed E-state index contributed by atoms with van der Waals surface area (Å²) in [5.41, 5.74) is 2.03. The molecule has 3 saturated carbocycles. The number of aliphatic hydroxyl groups is 2. The van der Waals surface area contributed by atoms with Crippen LogP contribution in [-0.2, 0) is 0 Å². The highest BCUT2D eigenvalue weighted by Gasteiger charge is 2.55. The quantitative estimate of drug-likeness (QED) is 0.752. The van der Waals surface area contributed by atoms with E-state index in [4.69, 9.17) is 0 Å². The van der Waals surface area contributed by atoms with Crippen molar-refractivity contribution in [2.24, 2.45) is 34.5 Å². The predicted molar refractivity (Wildman–Crippen MR) is 90.4 cm³/mol. The molecule has 0 spiro atoms. The van der Waals surface area contributed by atoms with Crippen LogP contribution in [0.25, 0.3) is 0 Å². The molecular formula is C20H34O2. The van der Waals surface area contributed by atoms with Gasteiger partial charge in [-0.2, -0.15) is 0 Å². The van der Waals surface area contributed by atoms with E-state index in [1.165, 1.54) is 31.3 Å². The molecule has 0 bridgehead atoms. The van der Waals surface area contributed by atoms with Gasteiger partial charge in [0.2, 0.25) is 0 Å². The van der Waals surface area contributed by atoms with Crippen LogP contribution < -0.4 is 0 Å². The van der Waals surface area contributed by atoms with E-state index in [1.807, 2.05) is 0 Å². The number of aliphatic hydroxyl groups excluding tert-OH is 2. The molecule has 0 heterocycles. The number of hydrogen-bond acceptors (Lipinski definition) is 2. The van der Waals surface area contributed by atoms with E-state index >= 15 is 0 Å². The lowest BCUT2D eigenvalue weighted by Crippen LogP contribution is -2.50. The minimum absolute atomic E-state index is 0.193. The SMILES string of the molecule is C=C1CC[C@H]2[C@H](C)[C@@H]([C@@]3(C)CC[C@H](O)C[C@@H]3CO)CC[C@]12C. The second-order valence-corrected chi connectivity index (χ2v) is 8.98. The smallest absolute Gasteiger partial charge is 0.0544 e. The maximum absolute atomic E-state index is 10.0. The van der Waals surface area contributed by atoms with Gasteiger partial charge in [0.15, 0.2) is 0 Å². The molecule has 0 aromatic heterocycles. The Hall–Kier alpha value is -0.340. The Morgan fingerprint density at radius 3 is 2.55 bits per heavy atom. The Balaban J connectivity index is 1.85. The van der Waals surface area contributed by atoms with Crippen LogP contribution in [0.3, 0.4) is 0 Å². The summed E-state index contributed by atoms with van der Waals surface area (Å²) in [6.45, 7) is 11.9. The third-order valence-corrected chi connectivity index (χ3v) is 8.20. The maximum atomic E-state index is 10.0. The topological polar surface area (TPSA) is 40.5 Å². The zero-order chi connectivity index (χ0) is 16.1. The van der Waals surface area contributed by atoms with Crippen LogP contribution >= 0.6 is 0 Å². The maximum Gasteiger partial charge on any atom is 0.0544 e. The van der Waals surface area contributed by atoms with Crippen molar-refractivity contribution >= 4 is 0 Å². The molecule has 0 radical (unpaired) electrons. The molecule has 0 unspecified atom stereocenters. The Morgan fingerprint density at radius 2 is 1.86 bits per heavy atom. The van der Waals surface area contributed by atoms with Crippen molar-refractivity contribution < 1.29 is 10.2 Å². The zero-order valence-corrected chi connectivity index (χ0v) is 14.6. The molecule has 2 nitrogen and oxygen atoms in total. The number of rotatable bonds is 2. The van der Waals surface area contributed by atoms with Crippen molar-refractivity contribution in [3.8, 4) is 0 Å². The first-order chi connectivity index (χ1) is 10.3. The van der Waals surface area contributed by atoms with Gasteiger partial charge in [-0.3, -0.25) is 0 Å². The average molecular weight is 306 g/mol. The van der Waals surface area contributed by atoms with E-state index < -0.39 is 0 Å². The molecule has 3 rings (SSSR count). The molecule has 0 amide bonds. The van der Waals surface area contributed by atoms with Crippen LogP contribution in [0.2, 0.25) is 0 Å². The van der Waals surface area contributed by atoms with Crippen LogP contribution in [0.1, 0.15) is 65.7 Å². The van der Waals surface area contributed by atoms with Gasteiger partial charge in [0.05, 0.1) is 6.10 Å². The van der Waals surface area contributed by atoms with Crippen molar-refractivity contribution in [3.63, 3.8) is 0 Å². The first-order valence-corrected chi connectivity index (χ1v) is 9.30. The molecule has 22 heavy (non-hydrogen) atoms. The fourth-order valence-corrected chi connectivity index (χ4v) is 6.50. The predicted octanol–water partition coefficient (Wildman–Crippen LogP) is 4.16. The zero-order valence-electron chi connectivity index (χ0n) is 14.6. The molecule has 2 N–H and O–H groups in total. The second-order valence-electron chi connectivity index (χ2n) is 8.98. The Kier molecular flexibility index (Phi) is 4.23. The minimum atomic E-state index is -0.208. The standard InChI is InChI=1S/C20H34O2/c1-13-5-6-17-14(2)18(8-10-19(13,17)3)20(4)9-7-16(22)11-15(20)12-21/h14-18,21-22H,1,5-12H2,2-4H3/t14-,15+,16-,17-,18-,19+,20-/m0/s1. The minimum Gasteiger partial charge on any atom is -0.396 e. The van der Waals surface area contributed by atoms with Crippen molar-refractivity contribution in [3.05, 3.63) is 12.2 Å². The lowest BCUT2D eigenvalue weighted by atomic mass is 9.50. The van der Waals surface area contributed by atoms with E-state index in [1.54, 1.807) is 0 Å². The summed E-state index contributed by atoms with van der Waals surface area (Å²) >= 11 is 0. The molecule has 7 atom stereocenters. The Bertz CT molecular complexity index is 445. The van der Waals surface area contributed by atoms with Gasteiger partial charge in [-0.1, -0.05) is 32.9 Å². The number of fused-ring (bicyclic) bond motifs is 1. The van der Waals surface area contributed by atoms with Gasteiger partial charge in [-0.25, -0.2) is 0 Å². The first kappa shape index (κ1) is 16.5. The number of allylic oxidation sites excluding steroid dienone is 1. The van der Waals surface area contributed by atoms with Gasteiger partial charge in [0.1, 0.15) is 0 Å². The molecule has 0 aliphatic heterocycles. The van der Waals surface area contributed by atoms with Gasteiger partial charge in [-0.15, -0.1) is 0 Å². The van der Waals surface area contributed by atoms with E-state index in [0.29, 0.717) is 17.3 Å². The van der Waals surface area contributed by atoms with Crippen LogP contribution in [-0.4, -0.2) is 22.9 Å². The van der Waals surface area contributed by atoms with Crippen LogP contribution in [0.5, 0.6) is 0 Å². The fourth-order valence-electron chi connectivity index (χ4n) is 6.50. The summed E-state index contributed by atoms with van der Waals surface area (Å²) in [5, 5.41) is 19.9. The molecule has 3 aliphatic carbocycles. The highest BCUT2D eigenvalue weighted by atomic mass is 16.3. The highest BCUT2D eigenvalue weighted by Crippen LogP contribution is 2.63. The largest absolute Gasteiger partial charge is 0.396 e. The lowest BCUT2D eigenvalue weighted by molar-refractivity contribution is -0.0896. The summed E-state index contributed by atoms with van der Waals surface area (Å²) in [6.07, 6.45) is 7.58. The van der Waals surface area contributed by atoms with E-state index in [9.17, 15) is 10.2 Å². The van der Waals surface area contributed by atoms with E-state index in [2.05, 4.69) is 27.4 Å². The van der Waals surface area contributed by atoms with E-state index in [-0.39, 0.29) is 24.0 Å². The monoisotopic (exact) mass is 306 g/mol. The summed E-state index contributed by atoms with van der Waals surface area (Å²) in [7, 11) is 0. The van der Waals surface area contributed by atoms with Gasteiger partial charge in [0, 0.05) is 6.61 Å². The van der Waals surface area contributed by atoms with Crippen molar-refractivity contribution in [1.29, 1.82) is 0 Å². The second kappa shape index (κ2) is 5.63. The summed E-state index contributed by atoms with van der Waals surface area (Å²) < 4.78 is 0. The average Bonchev–Trinajstić information content (AvgIpc) is 2.78. The molecule has 3 aliphatic rings. The normalized spacial score (nSPS) is 52.6. The van der Waals surface area contributed by atoms with Crippen molar-refractivity contribution in [2.45, 2.75) is 71.8 Å². The molecule has 2 heteroatoms. The molecule has 0 aromatic rings. The third-order valence-electron chi connectivity index (χ3n) is 8.20. The van der Waals surface area contributed by atoms with Crippen LogP contribution in [0.4, 0.5) is 0 Å². The van der Waals surface area contributed by atoms with Gasteiger partial charge in [-0.05, 0) is 79.4 Å². The molecule has 3 fully saturated rings. The summed E-state index contributed by atoms with van der Waals surface area (Å²) in [6, 6.07) is 0. The summed E-state index contributed by atoms with van der Waals surface area (Å²) in [5.74, 6) is 2.41. The van der Waals surface area contributed by atoms with Crippen molar-refractivity contribution in [2.75, 3.05) is 6.61 Å². The molecule has 0 saturated heterocycles. The van der Waals surface area contributed by atoms with Crippen LogP contribution in [0, 0.1) is 34.5 Å². The Labute approximate surface area is 136 Å². The van der Waals surface area contributed by atoms with Gasteiger partial charge < -0.3 is 10.2 Å². The first-order valence-electron chi connectivity index (χ1n) is 9.30. The summed E-state index contributed by atoms with van der Waals surface area (Å²) in [4.78, 5) is 0. The van der Waals surface area contributed by atoms with Gasteiger partial charge >= 0.3 is 0 Å². The van der Waals surface area contributed by atoms with Gasteiger partial charge in [0.25, 0.3) is 0 Å². The van der Waals surface area contributed by atoms with E-state index in [0.717, 1.165) is 25.2 Å². The molecule has 0 aromatic carbocycles.